The van der Waals surface area contributed by atoms with Crippen molar-refractivity contribution in [2.75, 3.05) is 11.1 Å². The molecule has 0 atom stereocenters. The van der Waals surface area contributed by atoms with E-state index in [9.17, 15) is 0 Å². The molecular weight excluding hydrogens is 357 g/mol. The molecule has 0 aliphatic carbocycles. The summed E-state index contributed by atoms with van der Waals surface area (Å²) in [6.45, 7) is 0. The monoisotopic (exact) mass is 365 g/mol. The van der Waals surface area contributed by atoms with Gasteiger partial charge in [-0.3, -0.25) is 0 Å². The highest BCUT2D eigenvalue weighted by Crippen LogP contribution is 2.29. The molecule has 0 bridgehead atoms. The van der Waals surface area contributed by atoms with Crippen molar-refractivity contribution in [1.82, 2.24) is 15.0 Å². The Morgan fingerprint density at radius 3 is 2.22 bits per heavy atom. The number of halogens is 3. The minimum atomic E-state index is 0.0810. The third-order valence-electron chi connectivity index (χ3n) is 2.93. The average Bonchev–Trinajstić information content (AvgIpc) is 2.49. The van der Waals surface area contributed by atoms with Crippen LogP contribution >= 0.6 is 34.8 Å². The first kappa shape index (κ1) is 15.8. The van der Waals surface area contributed by atoms with E-state index in [-0.39, 0.29) is 5.95 Å². The minimum absolute atomic E-state index is 0.0810. The smallest absolute Gasteiger partial charge is 0.232 e. The van der Waals surface area contributed by atoms with Gasteiger partial charge in [0.1, 0.15) is 0 Å². The molecule has 0 aliphatic heterocycles. The first-order valence-corrected chi connectivity index (χ1v) is 7.64. The number of aromatic nitrogens is 3. The number of benzene rings is 2. The Morgan fingerprint density at radius 2 is 1.52 bits per heavy atom. The van der Waals surface area contributed by atoms with Gasteiger partial charge in [-0.2, -0.15) is 15.0 Å². The standard InChI is InChI=1S/C15H10Cl3N5/c16-8-1-4-10(5-2-8)20-15-22-13(21-14(19)23-15)11-6-3-9(17)7-12(11)18/h1-7H,(H3,19,20,21,22,23). The van der Waals surface area contributed by atoms with Crippen LogP contribution in [0.3, 0.4) is 0 Å². The van der Waals surface area contributed by atoms with Crippen LogP contribution in [0.2, 0.25) is 15.1 Å². The quantitative estimate of drug-likeness (QED) is 0.694. The van der Waals surface area contributed by atoms with Crippen molar-refractivity contribution in [3.63, 3.8) is 0 Å². The third kappa shape index (κ3) is 3.82. The van der Waals surface area contributed by atoms with E-state index in [1.165, 1.54) is 0 Å². The minimum Gasteiger partial charge on any atom is -0.368 e. The highest BCUT2D eigenvalue weighted by molar-refractivity contribution is 6.36. The number of nitrogens with zero attached hydrogens (tertiary/aromatic N) is 3. The molecule has 0 aliphatic rings. The molecule has 23 heavy (non-hydrogen) atoms. The van der Waals surface area contributed by atoms with Gasteiger partial charge < -0.3 is 11.1 Å². The Hall–Kier alpha value is -2.08. The van der Waals surface area contributed by atoms with E-state index in [1.54, 1.807) is 42.5 Å². The van der Waals surface area contributed by atoms with Crippen LogP contribution < -0.4 is 11.1 Å². The van der Waals surface area contributed by atoms with Gasteiger partial charge in [0, 0.05) is 21.3 Å². The first-order valence-electron chi connectivity index (χ1n) is 6.51. The molecule has 0 amide bonds. The molecule has 116 valence electrons. The molecule has 3 N–H and O–H groups in total. The van der Waals surface area contributed by atoms with E-state index in [2.05, 4.69) is 20.3 Å². The number of hydrogen-bond acceptors (Lipinski definition) is 5. The summed E-state index contributed by atoms with van der Waals surface area (Å²) in [5, 5.41) is 4.64. The molecule has 3 rings (SSSR count). The molecule has 3 aromatic rings. The number of nitrogen functional groups attached to an aromatic ring is 1. The van der Waals surface area contributed by atoms with E-state index < -0.39 is 0 Å². The van der Waals surface area contributed by atoms with E-state index in [4.69, 9.17) is 40.5 Å². The van der Waals surface area contributed by atoms with Gasteiger partial charge in [-0.05, 0) is 42.5 Å². The fraction of sp³-hybridized carbons (Fsp3) is 0. The molecule has 2 aromatic carbocycles. The molecule has 0 saturated carbocycles. The van der Waals surface area contributed by atoms with Crippen molar-refractivity contribution in [2.45, 2.75) is 0 Å². The van der Waals surface area contributed by atoms with Crippen molar-refractivity contribution in [3.05, 3.63) is 57.5 Å². The maximum absolute atomic E-state index is 6.19. The zero-order chi connectivity index (χ0) is 16.4. The lowest BCUT2D eigenvalue weighted by atomic mass is 10.2. The molecule has 0 spiro atoms. The predicted octanol–water partition coefficient (Wildman–Crippen LogP) is 4.82. The van der Waals surface area contributed by atoms with Crippen LogP contribution in [-0.4, -0.2) is 15.0 Å². The van der Waals surface area contributed by atoms with Crippen molar-refractivity contribution in [3.8, 4) is 11.4 Å². The van der Waals surface area contributed by atoms with E-state index in [1.807, 2.05) is 0 Å². The van der Waals surface area contributed by atoms with Gasteiger partial charge in [0.25, 0.3) is 0 Å². The first-order chi connectivity index (χ1) is 11.0. The van der Waals surface area contributed by atoms with Gasteiger partial charge in [-0.15, -0.1) is 0 Å². The van der Waals surface area contributed by atoms with Gasteiger partial charge in [-0.1, -0.05) is 34.8 Å². The second-order valence-corrected chi connectivity index (χ2v) is 5.88. The van der Waals surface area contributed by atoms with Crippen LogP contribution in [0.25, 0.3) is 11.4 Å². The van der Waals surface area contributed by atoms with E-state index in [0.717, 1.165) is 5.69 Å². The normalized spacial score (nSPS) is 10.6. The molecule has 8 heteroatoms. The van der Waals surface area contributed by atoms with Crippen LogP contribution in [0.15, 0.2) is 42.5 Å². The second-order valence-electron chi connectivity index (χ2n) is 4.60. The van der Waals surface area contributed by atoms with E-state index >= 15 is 0 Å². The number of rotatable bonds is 3. The number of hydrogen-bond donors (Lipinski definition) is 2. The highest BCUT2D eigenvalue weighted by Gasteiger charge is 2.11. The van der Waals surface area contributed by atoms with E-state index in [0.29, 0.717) is 32.4 Å². The summed E-state index contributed by atoms with van der Waals surface area (Å²) in [7, 11) is 0. The second kappa shape index (κ2) is 6.58. The van der Waals surface area contributed by atoms with Crippen molar-refractivity contribution < 1.29 is 0 Å². The topological polar surface area (TPSA) is 76.7 Å². The highest BCUT2D eigenvalue weighted by atomic mass is 35.5. The lowest BCUT2D eigenvalue weighted by Crippen LogP contribution is -2.05. The molecule has 0 unspecified atom stereocenters. The van der Waals surface area contributed by atoms with Crippen LogP contribution in [-0.2, 0) is 0 Å². The van der Waals surface area contributed by atoms with Crippen LogP contribution in [0.4, 0.5) is 17.6 Å². The van der Waals surface area contributed by atoms with Crippen molar-refractivity contribution in [1.29, 1.82) is 0 Å². The van der Waals surface area contributed by atoms with Gasteiger partial charge in [0.2, 0.25) is 11.9 Å². The average molecular weight is 367 g/mol. The van der Waals surface area contributed by atoms with Crippen molar-refractivity contribution >= 4 is 52.4 Å². The largest absolute Gasteiger partial charge is 0.368 e. The maximum atomic E-state index is 6.19. The summed E-state index contributed by atoms with van der Waals surface area (Å²) in [5.74, 6) is 0.744. The summed E-state index contributed by atoms with van der Waals surface area (Å²) in [4.78, 5) is 12.5. The number of nitrogens with one attached hydrogen (secondary N) is 1. The Bertz CT molecular complexity index is 852. The summed E-state index contributed by atoms with van der Waals surface area (Å²) in [6.07, 6.45) is 0. The Kier molecular flexibility index (Phi) is 4.52. The number of nitrogens with two attached hydrogens (primary N) is 1. The zero-order valence-electron chi connectivity index (χ0n) is 11.6. The van der Waals surface area contributed by atoms with Crippen molar-refractivity contribution in [2.24, 2.45) is 0 Å². The fourth-order valence-corrected chi connectivity index (χ4v) is 2.52. The molecule has 0 fully saturated rings. The molecule has 1 aromatic heterocycles. The summed E-state index contributed by atoms with van der Waals surface area (Å²) in [6, 6.07) is 12.2. The predicted molar refractivity (Wildman–Crippen MR) is 94.4 cm³/mol. The summed E-state index contributed by atoms with van der Waals surface area (Å²) < 4.78 is 0. The number of anilines is 3. The molecule has 0 radical (unpaired) electrons. The van der Waals surface area contributed by atoms with Gasteiger partial charge >= 0.3 is 0 Å². The lowest BCUT2D eigenvalue weighted by Gasteiger charge is -2.08. The van der Waals surface area contributed by atoms with Crippen LogP contribution in [0, 0.1) is 0 Å². The van der Waals surface area contributed by atoms with Crippen LogP contribution in [0.5, 0.6) is 0 Å². The Labute approximate surface area is 147 Å². The Balaban J connectivity index is 1.97. The third-order valence-corrected chi connectivity index (χ3v) is 3.72. The molecule has 0 saturated heterocycles. The lowest BCUT2D eigenvalue weighted by molar-refractivity contribution is 1.08. The maximum Gasteiger partial charge on any atom is 0.232 e. The fourth-order valence-electron chi connectivity index (χ4n) is 1.90. The van der Waals surface area contributed by atoms with Gasteiger partial charge in [-0.25, -0.2) is 0 Å². The van der Waals surface area contributed by atoms with Gasteiger partial charge in [0.05, 0.1) is 5.02 Å². The molecule has 5 nitrogen and oxygen atoms in total. The van der Waals surface area contributed by atoms with Crippen LogP contribution in [0.1, 0.15) is 0 Å². The zero-order valence-corrected chi connectivity index (χ0v) is 13.9. The molecular formula is C15H10Cl3N5. The molecule has 1 heterocycles. The SMILES string of the molecule is Nc1nc(Nc2ccc(Cl)cc2)nc(-c2ccc(Cl)cc2Cl)n1. The summed E-state index contributed by atoms with van der Waals surface area (Å²) >= 11 is 17.9. The summed E-state index contributed by atoms with van der Waals surface area (Å²) in [5.41, 5.74) is 7.15. The van der Waals surface area contributed by atoms with Gasteiger partial charge in [0.15, 0.2) is 5.82 Å². The Morgan fingerprint density at radius 1 is 0.826 bits per heavy atom.